The summed E-state index contributed by atoms with van der Waals surface area (Å²) < 4.78 is 0. The Hall–Kier alpha value is -1.60. The van der Waals surface area contributed by atoms with E-state index < -0.39 is 5.91 Å². The molecule has 8 heteroatoms. The molecule has 2 heterocycles. The lowest BCUT2D eigenvalue weighted by atomic mass is 10.4. The maximum Gasteiger partial charge on any atom is 0.278 e. The molecular formula is C9H8ClN5OS. The minimum Gasteiger partial charge on any atom is -0.331 e. The van der Waals surface area contributed by atoms with Crippen LogP contribution in [-0.2, 0) is 0 Å². The van der Waals surface area contributed by atoms with E-state index in [4.69, 9.17) is 11.6 Å². The van der Waals surface area contributed by atoms with E-state index >= 15 is 0 Å². The summed E-state index contributed by atoms with van der Waals surface area (Å²) in [5, 5.41) is 3.23. The largest absolute Gasteiger partial charge is 0.331 e. The molecule has 0 spiro atoms. The Labute approximate surface area is 106 Å². The van der Waals surface area contributed by atoms with Gasteiger partial charge in [0.2, 0.25) is 5.95 Å². The van der Waals surface area contributed by atoms with Gasteiger partial charge in [-0.25, -0.2) is 15.0 Å². The molecule has 2 aromatic rings. The van der Waals surface area contributed by atoms with Crippen molar-refractivity contribution in [1.82, 2.24) is 19.9 Å². The number of nitrogens with zero attached hydrogens (tertiary/aromatic N) is 3. The van der Waals surface area contributed by atoms with Gasteiger partial charge in [0.05, 0.1) is 11.2 Å². The number of imidazole rings is 1. The third kappa shape index (κ3) is 2.75. The first-order valence-corrected chi connectivity index (χ1v) is 6.18. The Balaban J connectivity index is 2.24. The van der Waals surface area contributed by atoms with Gasteiger partial charge in [0, 0.05) is 12.4 Å². The summed E-state index contributed by atoms with van der Waals surface area (Å²) >= 11 is 7.20. The number of hydrogen-bond acceptors (Lipinski definition) is 5. The number of hydrogen-bond donors (Lipinski definition) is 2. The maximum absolute atomic E-state index is 11.8. The number of aromatic nitrogens is 4. The number of thioether (sulfide) groups is 1. The fourth-order valence-electron chi connectivity index (χ4n) is 1.11. The van der Waals surface area contributed by atoms with Crippen molar-refractivity contribution >= 4 is 35.2 Å². The highest BCUT2D eigenvalue weighted by molar-refractivity contribution is 7.98. The summed E-state index contributed by atoms with van der Waals surface area (Å²) in [7, 11) is 0. The number of H-pyrrole nitrogens is 1. The van der Waals surface area contributed by atoms with Crippen molar-refractivity contribution in [2.24, 2.45) is 0 Å². The normalized spacial score (nSPS) is 10.2. The van der Waals surface area contributed by atoms with Crippen LogP contribution in [0.4, 0.5) is 5.95 Å². The predicted molar refractivity (Wildman–Crippen MR) is 65.4 cm³/mol. The van der Waals surface area contributed by atoms with Crippen molar-refractivity contribution in [3.05, 3.63) is 29.3 Å². The van der Waals surface area contributed by atoms with Gasteiger partial charge < -0.3 is 4.98 Å². The van der Waals surface area contributed by atoms with Crippen molar-refractivity contribution in [2.45, 2.75) is 5.16 Å². The lowest BCUT2D eigenvalue weighted by Gasteiger charge is -2.04. The van der Waals surface area contributed by atoms with Crippen molar-refractivity contribution in [1.29, 1.82) is 0 Å². The zero-order valence-electron chi connectivity index (χ0n) is 8.77. The van der Waals surface area contributed by atoms with Crippen molar-refractivity contribution in [3.8, 4) is 0 Å². The zero-order valence-corrected chi connectivity index (χ0v) is 10.3. The van der Waals surface area contributed by atoms with Gasteiger partial charge in [0.15, 0.2) is 10.9 Å². The van der Waals surface area contributed by atoms with E-state index in [0.29, 0.717) is 11.1 Å². The molecule has 0 aliphatic carbocycles. The van der Waals surface area contributed by atoms with Crippen LogP contribution in [0.5, 0.6) is 0 Å². The summed E-state index contributed by atoms with van der Waals surface area (Å²) in [6, 6.07) is 0. The van der Waals surface area contributed by atoms with Crippen LogP contribution < -0.4 is 5.32 Å². The van der Waals surface area contributed by atoms with E-state index in [1.807, 2.05) is 6.26 Å². The molecule has 1 amide bonds. The van der Waals surface area contributed by atoms with Gasteiger partial charge >= 0.3 is 0 Å². The zero-order chi connectivity index (χ0) is 12.3. The second-order valence-electron chi connectivity index (χ2n) is 2.95. The number of nitrogens with one attached hydrogen (secondary N) is 2. The fraction of sp³-hybridized carbons (Fsp3) is 0.111. The van der Waals surface area contributed by atoms with E-state index in [-0.39, 0.29) is 10.7 Å². The van der Waals surface area contributed by atoms with Gasteiger partial charge in [0.1, 0.15) is 0 Å². The highest BCUT2D eigenvalue weighted by Gasteiger charge is 2.14. The first-order chi connectivity index (χ1) is 8.20. The molecular weight excluding hydrogens is 262 g/mol. The van der Waals surface area contributed by atoms with Gasteiger partial charge in [-0.2, -0.15) is 0 Å². The smallest absolute Gasteiger partial charge is 0.278 e. The minimum absolute atomic E-state index is 0.127. The quantitative estimate of drug-likeness (QED) is 0.656. The second kappa shape index (κ2) is 5.15. The summed E-state index contributed by atoms with van der Waals surface area (Å²) in [6.45, 7) is 0. The topological polar surface area (TPSA) is 83.6 Å². The second-order valence-corrected chi connectivity index (χ2v) is 4.13. The van der Waals surface area contributed by atoms with Crippen LogP contribution in [0.3, 0.4) is 0 Å². The van der Waals surface area contributed by atoms with Crippen LogP contribution in [-0.4, -0.2) is 32.1 Å². The highest BCUT2D eigenvalue weighted by Crippen LogP contribution is 2.17. The van der Waals surface area contributed by atoms with E-state index in [1.165, 1.54) is 24.2 Å². The molecule has 2 rings (SSSR count). The number of carbonyl (C=O) groups is 1. The van der Waals surface area contributed by atoms with Gasteiger partial charge in [0.25, 0.3) is 5.91 Å². The first kappa shape index (κ1) is 11.9. The Morgan fingerprint density at radius 3 is 3.00 bits per heavy atom. The molecule has 0 aliphatic rings. The maximum atomic E-state index is 11.8. The molecule has 0 atom stereocenters. The Kier molecular flexibility index (Phi) is 3.60. The number of aromatic amines is 1. The molecule has 0 aromatic carbocycles. The van der Waals surface area contributed by atoms with Gasteiger partial charge in [-0.3, -0.25) is 10.1 Å². The third-order valence-electron chi connectivity index (χ3n) is 1.85. The van der Waals surface area contributed by atoms with Gasteiger partial charge in [-0.15, -0.1) is 0 Å². The number of anilines is 1. The summed E-state index contributed by atoms with van der Waals surface area (Å²) in [5.74, 6) is -0.0852. The first-order valence-electron chi connectivity index (χ1n) is 4.58. The molecule has 0 aliphatic heterocycles. The standard InChI is InChI=1S/C9H8ClN5OS/c1-17-9-13-4-5(10)6(14-9)7(16)15-8-11-2-3-12-8/h2-4H,1H3,(H2,11,12,15,16). The lowest BCUT2D eigenvalue weighted by Crippen LogP contribution is -2.16. The van der Waals surface area contributed by atoms with E-state index in [2.05, 4.69) is 25.3 Å². The highest BCUT2D eigenvalue weighted by atomic mass is 35.5. The molecule has 0 radical (unpaired) electrons. The van der Waals surface area contributed by atoms with Crippen LogP contribution in [0, 0.1) is 0 Å². The van der Waals surface area contributed by atoms with Crippen LogP contribution in [0.1, 0.15) is 10.5 Å². The van der Waals surface area contributed by atoms with Gasteiger partial charge in [-0.05, 0) is 6.26 Å². The molecule has 0 unspecified atom stereocenters. The molecule has 17 heavy (non-hydrogen) atoms. The molecule has 88 valence electrons. The van der Waals surface area contributed by atoms with Crippen LogP contribution in [0.15, 0.2) is 23.7 Å². The number of amides is 1. The summed E-state index contributed by atoms with van der Waals surface area (Å²) in [6.07, 6.45) is 6.35. The predicted octanol–water partition coefficient (Wildman–Crippen LogP) is 1.83. The SMILES string of the molecule is CSc1ncc(Cl)c(C(=O)Nc2ncc[nH]2)n1. The molecule has 2 aromatic heterocycles. The lowest BCUT2D eigenvalue weighted by molar-refractivity contribution is 0.102. The molecule has 0 saturated heterocycles. The minimum atomic E-state index is -0.428. The van der Waals surface area contributed by atoms with E-state index in [0.717, 1.165) is 0 Å². The van der Waals surface area contributed by atoms with E-state index in [1.54, 1.807) is 6.20 Å². The van der Waals surface area contributed by atoms with Gasteiger partial charge in [-0.1, -0.05) is 23.4 Å². The van der Waals surface area contributed by atoms with Crippen molar-refractivity contribution in [3.63, 3.8) is 0 Å². The molecule has 0 fully saturated rings. The number of rotatable bonds is 3. The van der Waals surface area contributed by atoms with Crippen LogP contribution in [0.25, 0.3) is 0 Å². The summed E-state index contributed by atoms with van der Waals surface area (Å²) in [5.41, 5.74) is 0.127. The molecule has 6 nitrogen and oxygen atoms in total. The third-order valence-corrected chi connectivity index (χ3v) is 2.69. The monoisotopic (exact) mass is 269 g/mol. The average Bonchev–Trinajstić information content (AvgIpc) is 2.82. The van der Waals surface area contributed by atoms with Crippen LogP contribution >= 0.6 is 23.4 Å². The Morgan fingerprint density at radius 1 is 1.53 bits per heavy atom. The number of carbonyl (C=O) groups excluding carboxylic acids is 1. The van der Waals surface area contributed by atoms with Crippen molar-refractivity contribution in [2.75, 3.05) is 11.6 Å². The molecule has 2 N–H and O–H groups in total. The number of halogens is 1. The van der Waals surface area contributed by atoms with Crippen LogP contribution in [0.2, 0.25) is 5.02 Å². The molecule has 0 saturated carbocycles. The Bertz CT molecular complexity index is 530. The average molecular weight is 270 g/mol. The Morgan fingerprint density at radius 2 is 2.35 bits per heavy atom. The van der Waals surface area contributed by atoms with Crippen molar-refractivity contribution < 1.29 is 4.79 Å². The van der Waals surface area contributed by atoms with E-state index in [9.17, 15) is 4.79 Å². The molecule has 0 bridgehead atoms. The fourth-order valence-corrected chi connectivity index (χ4v) is 1.63. The summed E-state index contributed by atoms with van der Waals surface area (Å²) in [4.78, 5) is 26.5.